The third-order valence-corrected chi connectivity index (χ3v) is 7.16. The van der Waals surface area contributed by atoms with Crippen molar-refractivity contribution in [2.24, 2.45) is 5.92 Å². The van der Waals surface area contributed by atoms with Crippen LogP contribution < -0.4 is 5.32 Å². The van der Waals surface area contributed by atoms with E-state index in [2.05, 4.69) is 43.4 Å². The van der Waals surface area contributed by atoms with Crippen molar-refractivity contribution < 1.29 is 15.0 Å². The Hall–Kier alpha value is -1.57. The Morgan fingerprint density at radius 3 is 2.55 bits per heavy atom. The first-order valence-corrected chi connectivity index (χ1v) is 12.6. The number of aliphatic hydroxyl groups is 1. The van der Waals surface area contributed by atoms with Gasteiger partial charge in [-0.05, 0) is 99.3 Å². The first-order valence-electron chi connectivity index (χ1n) is 11.5. The van der Waals surface area contributed by atoms with Crippen LogP contribution in [-0.4, -0.2) is 52.3 Å². The van der Waals surface area contributed by atoms with Crippen molar-refractivity contribution in [3.8, 4) is 0 Å². The zero-order valence-electron chi connectivity index (χ0n) is 19.7. The largest absolute Gasteiger partial charge is 0.481 e. The highest BCUT2D eigenvalue weighted by atomic mass is 35.5. The fourth-order valence-corrected chi connectivity index (χ4v) is 5.94. The zero-order chi connectivity index (χ0) is 24.0. The van der Waals surface area contributed by atoms with Gasteiger partial charge in [-0.15, -0.1) is 0 Å². The minimum absolute atomic E-state index is 0.0502. The number of rotatable bonds is 12. The first kappa shape index (κ1) is 26.0. The molecule has 1 aliphatic carbocycles. The van der Waals surface area contributed by atoms with E-state index in [4.69, 9.17) is 16.7 Å². The number of nitrogens with zero attached hydrogens (tertiary/aromatic N) is 1. The van der Waals surface area contributed by atoms with Gasteiger partial charge in [0, 0.05) is 35.0 Å². The van der Waals surface area contributed by atoms with Crippen molar-refractivity contribution in [1.29, 1.82) is 0 Å². The monoisotopic (exact) mass is 490 g/mol. The number of likely N-dealkylation sites (N-methyl/N-ethyl adjacent to an activating group) is 1. The van der Waals surface area contributed by atoms with E-state index in [0.717, 1.165) is 29.7 Å². The lowest BCUT2D eigenvalue weighted by atomic mass is 9.88. The summed E-state index contributed by atoms with van der Waals surface area (Å²) in [6, 6.07) is 14.3. The number of β-amino-alcohol motifs (C(OH)–C–C–N with tert-alkyl or cyclic N) is 1. The van der Waals surface area contributed by atoms with Gasteiger partial charge in [0.15, 0.2) is 0 Å². The molecule has 1 aliphatic rings. The molecular weight excluding hydrogens is 456 g/mol. The molecule has 0 aromatic heterocycles. The Balaban J connectivity index is 1.43. The second-order valence-electron chi connectivity index (χ2n) is 9.76. The zero-order valence-corrected chi connectivity index (χ0v) is 21.3. The lowest BCUT2D eigenvalue weighted by Crippen LogP contribution is -2.46. The van der Waals surface area contributed by atoms with Gasteiger partial charge in [-0.25, -0.2) is 4.31 Å². The van der Waals surface area contributed by atoms with Crippen LogP contribution in [-0.2, 0) is 24.1 Å². The van der Waals surface area contributed by atoms with Crippen molar-refractivity contribution in [1.82, 2.24) is 9.62 Å². The Morgan fingerprint density at radius 2 is 1.91 bits per heavy atom. The summed E-state index contributed by atoms with van der Waals surface area (Å²) in [6.45, 7) is 5.45. The molecule has 0 fully saturated rings. The Labute approximate surface area is 206 Å². The molecule has 3 rings (SSSR count). The molecule has 3 N–H and O–H groups in total. The first-order chi connectivity index (χ1) is 15.6. The number of aryl methyl sites for hydroxylation is 1. The Bertz CT molecular complexity index is 928. The maximum Gasteiger partial charge on any atom is 0.303 e. The second-order valence-corrected chi connectivity index (χ2v) is 11.5. The highest BCUT2D eigenvalue weighted by molar-refractivity contribution is 7.97. The fraction of sp³-hybridized carbons (Fsp3) is 0.500. The van der Waals surface area contributed by atoms with Gasteiger partial charge in [0.2, 0.25) is 0 Å². The van der Waals surface area contributed by atoms with Crippen molar-refractivity contribution >= 4 is 29.5 Å². The molecule has 2 aromatic rings. The number of benzene rings is 2. The number of hydrogen-bond acceptors (Lipinski definition) is 5. The third-order valence-electron chi connectivity index (χ3n) is 6.04. The van der Waals surface area contributed by atoms with E-state index in [-0.39, 0.29) is 12.0 Å². The Morgan fingerprint density at radius 1 is 1.24 bits per heavy atom. The number of carbonyl (C=O) groups is 1. The SMILES string of the molecule is CN(C[C@H](O)CNC(C)(C)CC1Cc2ccccc2C1)Sc1cc(Cl)cc(CCC(=O)O)c1. The predicted molar refractivity (Wildman–Crippen MR) is 136 cm³/mol. The second kappa shape index (κ2) is 11.7. The molecule has 0 unspecified atom stereocenters. The summed E-state index contributed by atoms with van der Waals surface area (Å²) >= 11 is 7.72. The maximum atomic E-state index is 10.8. The predicted octanol–water partition coefficient (Wildman–Crippen LogP) is 4.83. The van der Waals surface area contributed by atoms with Gasteiger partial charge in [-0.1, -0.05) is 35.9 Å². The van der Waals surface area contributed by atoms with E-state index in [1.54, 1.807) is 6.07 Å². The van der Waals surface area contributed by atoms with E-state index in [1.807, 2.05) is 23.5 Å². The van der Waals surface area contributed by atoms with Gasteiger partial charge in [0.05, 0.1) is 6.10 Å². The van der Waals surface area contributed by atoms with Crippen LogP contribution in [0, 0.1) is 5.92 Å². The van der Waals surface area contributed by atoms with Crippen molar-refractivity contribution in [3.05, 3.63) is 64.2 Å². The van der Waals surface area contributed by atoms with E-state index >= 15 is 0 Å². The molecule has 180 valence electrons. The summed E-state index contributed by atoms with van der Waals surface area (Å²) in [7, 11) is 1.94. The molecule has 0 spiro atoms. The van der Waals surface area contributed by atoms with Gasteiger partial charge < -0.3 is 15.5 Å². The number of carboxylic acid groups (broad SMARTS) is 1. The van der Waals surface area contributed by atoms with Crippen LogP contribution in [0.15, 0.2) is 47.4 Å². The van der Waals surface area contributed by atoms with Crippen LogP contribution in [0.2, 0.25) is 5.02 Å². The summed E-state index contributed by atoms with van der Waals surface area (Å²) in [5, 5.41) is 23.7. The molecule has 0 amide bonds. The van der Waals surface area contributed by atoms with Crippen LogP contribution >= 0.6 is 23.5 Å². The van der Waals surface area contributed by atoms with Gasteiger partial charge in [-0.2, -0.15) is 0 Å². The number of fused-ring (bicyclic) bond motifs is 1. The minimum atomic E-state index is -0.822. The van der Waals surface area contributed by atoms with Crippen LogP contribution in [0.3, 0.4) is 0 Å². The molecule has 5 nitrogen and oxygen atoms in total. The Kier molecular flexibility index (Phi) is 9.25. The summed E-state index contributed by atoms with van der Waals surface area (Å²) in [6.07, 6.45) is 3.36. The summed E-state index contributed by atoms with van der Waals surface area (Å²) in [5.41, 5.74) is 3.80. The maximum absolute atomic E-state index is 10.8. The van der Waals surface area contributed by atoms with E-state index in [9.17, 15) is 9.90 Å². The molecule has 0 radical (unpaired) electrons. The third kappa shape index (κ3) is 8.62. The number of halogens is 1. The van der Waals surface area contributed by atoms with E-state index in [0.29, 0.717) is 30.5 Å². The minimum Gasteiger partial charge on any atom is -0.481 e. The molecule has 0 heterocycles. The molecule has 2 aromatic carbocycles. The van der Waals surface area contributed by atoms with E-state index < -0.39 is 12.1 Å². The molecule has 1 atom stereocenters. The van der Waals surface area contributed by atoms with Crippen molar-refractivity contribution in [3.63, 3.8) is 0 Å². The molecule has 0 saturated carbocycles. The van der Waals surface area contributed by atoms with Gasteiger partial charge in [0.1, 0.15) is 0 Å². The number of hydrogen-bond donors (Lipinski definition) is 3. The molecule has 0 saturated heterocycles. The van der Waals surface area contributed by atoms with Crippen molar-refractivity contribution in [2.45, 2.75) is 62.5 Å². The van der Waals surface area contributed by atoms with Crippen LogP contribution in [0.5, 0.6) is 0 Å². The number of carboxylic acids is 1. The molecule has 0 bridgehead atoms. The van der Waals surface area contributed by atoms with Crippen LogP contribution in [0.4, 0.5) is 0 Å². The molecule has 7 heteroatoms. The van der Waals surface area contributed by atoms with Gasteiger partial charge >= 0.3 is 5.97 Å². The lowest BCUT2D eigenvalue weighted by molar-refractivity contribution is -0.136. The number of aliphatic carboxylic acids is 1. The summed E-state index contributed by atoms with van der Waals surface area (Å²) < 4.78 is 1.99. The average molecular weight is 491 g/mol. The molecule has 33 heavy (non-hydrogen) atoms. The van der Waals surface area contributed by atoms with E-state index in [1.165, 1.54) is 23.1 Å². The molecular formula is C26H35ClN2O3S. The van der Waals surface area contributed by atoms with Crippen LogP contribution in [0.25, 0.3) is 0 Å². The highest BCUT2D eigenvalue weighted by Crippen LogP contribution is 2.32. The average Bonchev–Trinajstić information content (AvgIpc) is 3.12. The quantitative estimate of drug-likeness (QED) is 0.370. The van der Waals surface area contributed by atoms with Gasteiger partial charge in [-0.3, -0.25) is 4.79 Å². The number of aliphatic hydroxyl groups excluding tert-OH is 1. The number of nitrogens with one attached hydrogen (secondary N) is 1. The van der Waals surface area contributed by atoms with Crippen LogP contribution in [0.1, 0.15) is 43.4 Å². The smallest absolute Gasteiger partial charge is 0.303 e. The lowest BCUT2D eigenvalue weighted by Gasteiger charge is -2.31. The normalized spacial score (nSPS) is 15.1. The standard InChI is InChI=1S/C26H35ClN2O3S/c1-26(2,15-19-10-20-6-4-5-7-21(20)11-19)28-16-23(30)17-29(3)33-24-13-18(8-9-25(31)32)12-22(27)14-24/h4-7,12-14,19,23,28,30H,8-11,15-17H2,1-3H3,(H,31,32)/t23-/m1/s1. The topological polar surface area (TPSA) is 72.8 Å². The highest BCUT2D eigenvalue weighted by Gasteiger charge is 2.28. The van der Waals surface area contributed by atoms with Gasteiger partial charge in [0.25, 0.3) is 0 Å². The van der Waals surface area contributed by atoms with Crippen molar-refractivity contribution in [2.75, 3.05) is 20.1 Å². The summed E-state index contributed by atoms with van der Waals surface area (Å²) in [4.78, 5) is 11.8. The summed E-state index contributed by atoms with van der Waals surface area (Å²) in [5.74, 6) is -0.185. The molecule has 0 aliphatic heterocycles. The fourth-order valence-electron chi connectivity index (χ4n) is 4.63.